The van der Waals surface area contributed by atoms with Crippen molar-refractivity contribution in [3.8, 4) is 0 Å². The number of carbonyl (C=O) groups excluding carboxylic acids is 5. The van der Waals surface area contributed by atoms with E-state index in [0.717, 1.165) is 0 Å². The molecule has 0 saturated heterocycles. The number of fused-ring (bicyclic) bond motifs is 1. The van der Waals surface area contributed by atoms with Crippen LogP contribution in [0.3, 0.4) is 0 Å². The highest BCUT2D eigenvalue weighted by atomic mass is 35.5. The highest BCUT2D eigenvalue weighted by Gasteiger charge is 2.42. The fourth-order valence-electron chi connectivity index (χ4n) is 2.19. The second-order valence-electron chi connectivity index (χ2n) is 5.20. The number of esters is 1. The monoisotopic (exact) mass is 401 g/mol. The van der Waals surface area contributed by atoms with Crippen molar-refractivity contribution < 1.29 is 28.7 Å². The zero-order valence-electron chi connectivity index (χ0n) is 13.6. The summed E-state index contributed by atoms with van der Waals surface area (Å²) in [6.07, 6.45) is 0. The molecule has 0 unspecified atom stereocenters. The number of urea groups is 1. The third kappa shape index (κ3) is 3.78. The number of imide groups is 2. The third-order valence-electron chi connectivity index (χ3n) is 3.51. The summed E-state index contributed by atoms with van der Waals surface area (Å²) >= 11 is 11.7. The average molecular weight is 402 g/mol. The van der Waals surface area contributed by atoms with E-state index >= 15 is 0 Å². The number of nitrogens with one attached hydrogen (secondary N) is 2. The van der Waals surface area contributed by atoms with Gasteiger partial charge in [0.1, 0.15) is 6.04 Å². The molecule has 0 fully saturated rings. The molecule has 2 N–H and O–H groups in total. The first-order valence-corrected chi connectivity index (χ1v) is 7.98. The van der Waals surface area contributed by atoms with Crippen molar-refractivity contribution in [2.45, 2.75) is 13.0 Å². The van der Waals surface area contributed by atoms with Crippen molar-refractivity contribution >= 4 is 52.9 Å². The van der Waals surface area contributed by atoms with Crippen LogP contribution in [0.15, 0.2) is 12.1 Å². The van der Waals surface area contributed by atoms with E-state index in [1.165, 1.54) is 26.1 Å². The van der Waals surface area contributed by atoms with Gasteiger partial charge in [-0.1, -0.05) is 23.2 Å². The first-order valence-electron chi connectivity index (χ1n) is 7.22. The molecule has 0 aromatic heterocycles. The van der Waals surface area contributed by atoms with Crippen LogP contribution in [0.5, 0.6) is 0 Å². The third-order valence-corrected chi connectivity index (χ3v) is 4.23. The molecule has 138 valence electrons. The minimum absolute atomic E-state index is 0.0152. The van der Waals surface area contributed by atoms with Crippen molar-refractivity contribution in [1.29, 1.82) is 0 Å². The number of amides is 5. The van der Waals surface area contributed by atoms with E-state index in [2.05, 4.69) is 5.32 Å². The summed E-state index contributed by atoms with van der Waals surface area (Å²) < 4.78 is 4.74. The number of rotatable bonds is 4. The molecule has 1 atom stereocenters. The topological polar surface area (TPSA) is 122 Å². The Kier molecular flexibility index (Phi) is 5.83. The number of ether oxygens (including phenoxy) is 1. The fourth-order valence-corrected chi connectivity index (χ4v) is 2.52. The van der Waals surface area contributed by atoms with Gasteiger partial charge < -0.3 is 10.1 Å². The first-order chi connectivity index (χ1) is 12.2. The van der Waals surface area contributed by atoms with E-state index in [-0.39, 0.29) is 21.2 Å². The second kappa shape index (κ2) is 7.71. The SMILES string of the molecule is CNC(=O)NC(=O)COC(=O)[C@H](C)N1C(=O)c2cc(Cl)c(Cl)cc2C1=O. The average Bonchev–Trinajstić information content (AvgIpc) is 2.83. The summed E-state index contributed by atoms with van der Waals surface area (Å²) in [6.45, 7) is 0.515. The Morgan fingerprint density at radius 1 is 1.12 bits per heavy atom. The number of benzene rings is 1. The molecule has 11 heteroatoms. The normalized spacial score (nSPS) is 13.9. The number of nitrogens with zero attached hydrogens (tertiary/aromatic N) is 1. The lowest BCUT2D eigenvalue weighted by Gasteiger charge is -2.20. The Labute approximate surface area is 157 Å². The van der Waals surface area contributed by atoms with E-state index in [9.17, 15) is 24.0 Å². The zero-order chi connectivity index (χ0) is 19.6. The van der Waals surface area contributed by atoms with Crippen LogP contribution < -0.4 is 10.6 Å². The van der Waals surface area contributed by atoms with E-state index in [4.69, 9.17) is 27.9 Å². The molecule has 2 rings (SSSR count). The van der Waals surface area contributed by atoms with Crippen molar-refractivity contribution in [3.05, 3.63) is 33.3 Å². The smallest absolute Gasteiger partial charge is 0.329 e. The summed E-state index contributed by atoms with van der Waals surface area (Å²) in [5.41, 5.74) is 0.0304. The first kappa shape index (κ1) is 19.7. The van der Waals surface area contributed by atoms with Gasteiger partial charge in [0.15, 0.2) is 6.61 Å². The summed E-state index contributed by atoms with van der Waals surface area (Å²) in [7, 11) is 1.30. The molecule has 0 saturated carbocycles. The predicted molar refractivity (Wildman–Crippen MR) is 90.0 cm³/mol. The molecule has 0 spiro atoms. The lowest BCUT2D eigenvalue weighted by atomic mass is 10.1. The van der Waals surface area contributed by atoms with E-state index in [1.54, 1.807) is 0 Å². The highest BCUT2D eigenvalue weighted by Crippen LogP contribution is 2.32. The minimum atomic E-state index is -1.30. The largest absolute Gasteiger partial charge is 0.454 e. The van der Waals surface area contributed by atoms with Crippen LogP contribution in [0, 0.1) is 0 Å². The van der Waals surface area contributed by atoms with Gasteiger partial charge in [-0.25, -0.2) is 9.59 Å². The molecular formula is C15H13Cl2N3O6. The lowest BCUT2D eigenvalue weighted by molar-refractivity contribution is -0.151. The van der Waals surface area contributed by atoms with Gasteiger partial charge in [0.25, 0.3) is 17.7 Å². The summed E-state index contributed by atoms with van der Waals surface area (Å²) in [5.74, 6) is -3.33. The van der Waals surface area contributed by atoms with Crippen LogP contribution in [0.2, 0.25) is 10.0 Å². The predicted octanol–water partition coefficient (Wildman–Crippen LogP) is 0.977. The van der Waals surface area contributed by atoms with Crippen molar-refractivity contribution in [2.24, 2.45) is 0 Å². The van der Waals surface area contributed by atoms with Crippen LogP contribution in [0.25, 0.3) is 0 Å². The van der Waals surface area contributed by atoms with Crippen LogP contribution in [-0.4, -0.2) is 54.3 Å². The molecule has 1 aromatic rings. The Morgan fingerprint density at radius 2 is 1.62 bits per heavy atom. The zero-order valence-corrected chi connectivity index (χ0v) is 15.1. The Hall–Kier alpha value is -2.65. The highest BCUT2D eigenvalue weighted by molar-refractivity contribution is 6.43. The standard InChI is InChI=1S/C15H13Cl2N3O6/c1-6(14(24)26-5-11(21)19-15(25)18-2)20-12(22)7-3-9(16)10(17)4-8(7)13(20)23/h3-4,6H,5H2,1-2H3,(H2,18,19,21,25)/t6-/m0/s1. The quantitative estimate of drug-likeness (QED) is 0.572. The number of halogens is 2. The lowest BCUT2D eigenvalue weighted by Crippen LogP contribution is -2.45. The van der Waals surface area contributed by atoms with Gasteiger partial charge in [0, 0.05) is 7.05 Å². The molecule has 0 aliphatic carbocycles. The molecule has 1 aliphatic heterocycles. The maximum atomic E-state index is 12.4. The van der Waals surface area contributed by atoms with Gasteiger partial charge in [-0.15, -0.1) is 0 Å². The van der Waals surface area contributed by atoms with Gasteiger partial charge in [-0.2, -0.15) is 0 Å². The van der Waals surface area contributed by atoms with Gasteiger partial charge in [0.2, 0.25) is 0 Å². The Balaban J connectivity index is 2.08. The van der Waals surface area contributed by atoms with Crippen LogP contribution in [0.4, 0.5) is 4.79 Å². The van der Waals surface area contributed by atoms with Crippen molar-refractivity contribution in [3.63, 3.8) is 0 Å². The fraction of sp³-hybridized carbons (Fsp3) is 0.267. The summed E-state index contributed by atoms with van der Waals surface area (Å²) in [4.78, 5) is 60.0. The van der Waals surface area contributed by atoms with Crippen molar-refractivity contribution in [1.82, 2.24) is 15.5 Å². The van der Waals surface area contributed by atoms with Gasteiger partial charge in [-0.05, 0) is 19.1 Å². The Bertz CT molecular complexity index is 785. The van der Waals surface area contributed by atoms with Gasteiger partial charge >= 0.3 is 12.0 Å². The number of hydrogen-bond donors (Lipinski definition) is 2. The van der Waals surface area contributed by atoms with E-state index < -0.39 is 42.4 Å². The van der Waals surface area contributed by atoms with Crippen LogP contribution in [0.1, 0.15) is 27.6 Å². The second-order valence-corrected chi connectivity index (χ2v) is 6.02. The maximum absolute atomic E-state index is 12.4. The van der Waals surface area contributed by atoms with E-state index in [0.29, 0.717) is 4.90 Å². The summed E-state index contributed by atoms with van der Waals surface area (Å²) in [6, 6.07) is 0.420. The molecule has 0 bridgehead atoms. The molecular weight excluding hydrogens is 389 g/mol. The molecule has 26 heavy (non-hydrogen) atoms. The number of carbonyl (C=O) groups is 5. The molecule has 0 radical (unpaired) electrons. The molecule has 1 aliphatic rings. The van der Waals surface area contributed by atoms with Gasteiger partial charge in [-0.3, -0.25) is 24.6 Å². The minimum Gasteiger partial charge on any atom is -0.454 e. The number of hydrogen-bond acceptors (Lipinski definition) is 6. The van der Waals surface area contributed by atoms with E-state index in [1.807, 2.05) is 5.32 Å². The molecule has 1 heterocycles. The molecule has 1 aromatic carbocycles. The molecule has 5 amide bonds. The summed E-state index contributed by atoms with van der Waals surface area (Å²) in [5, 5.41) is 4.23. The Morgan fingerprint density at radius 3 is 2.08 bits per heavy atom. The maximum Gasteiger partial charge on any atom is 0.329 e. The van der Waals surface area contributed by atoms with Gasteiger partial charge in [0.05, 0.1) is 21.2 Å². The molecule has 9 nitrogen and oxygen atoms in total. The van der Waals surface area contributed by atoms with Crippen LogP contribution >= 0.6 is 23.2 Å². The van der Waals surface area contributed by atoms with Crippen LogP contribution in [-0.2, 0) is 14.3 Å². The van der Waals surface area contributed by atoms with Crippen molar-refractivity contribution in [2.75, 3.05) is 13.7 Å².